The van der Waals surface area contributed by atoms with Gasteiger partial charge in [-0.3, -0.25) is 4.79 Å². The van der Waals surface area contributed by atoms with E-state index in [1.807, 2.05) is 12.1 Å². The van der Waals surface area contributed by atoms with E-state index in [1.165, 1.54) is 44.9 Å². The van der Waals surface area contributed by atoms with Gasteiger partial charge in [-0.25, -0.2) is 4.79 Å². The van der Waals surface area contributed by atoms with Crippen LogP contribution < -0.4 is 5.32 Å². The first kappa shape index (κ1) is 46.7. The van der Waals surface area contributed by atoms with Crippen molar-refractivity contribution in [2.75, 3.05) is 118 Å². The summed E-state index contributed by atoms with van der Waals surface area (Å²) in [5, 5.41) is 3.32. The summed E-state index contributed by atoms with van der Waals surface area (Å²) in [5.41, 5.74) is 1.51. The minimum Gasteiger partial charge on any atom is -0.463 e. The van der Waals surface area contributed by atoms with Gasteiger partial charge in [-0.2, -0.15) is 0 Å². The Hall–Kier alpha value is -2.32. The van der Waals surface area contributed by atoms with Crippen molar-refractivity contribution in [1.29, 1.82) is 0 Å². The van der Waals surface area contributed by atoms with Gasteiger partial charge in [-0.05, 0) is 37.1 Å². The molecule has 0 saturated carbocycles. The molecule has 12 heteroatoms. The number of carbonyl (C=O) groups is 2. The Labute approximate surface area is 307 Å². The maximum Gasteiger partial charge on any atom is 0.338 e. The predicted molar refractivity (Wildman–Crippen MR) is 199 cm³/mol. The zero-order valence-corrected chi connectivity index (χ0v) is 31.8. The molecule has 296 valence electrons. The Balaban J connectivity index is 1.72. The minimum absolute atomic E-state index is 0.140. The third kappa shape index (κ3) is 32.1. The lowest BCUT2D eigenvalue weighted by atomic mass is 10.1. The van der Waals surface area contributed by atoms with E-state index in [2.05, 4.69) is 19.2 Å². The molecule has 1 N–H and O–H groups in total. The number of carbonyl (C=O) groups excluding carboxylic acids is 2. The summed E-state index contributed by atoms with van der Waals surface area (Å²) in [5.74, 6) is -0.502. The van der Waals surface area contributed by atoms with Gasteiger partial charge in [0.05, 0.1) is 98.1 Å². The number of benzene rings is 1. The van der Waals surface area contributed by atoms with E-state index in [9.17, 15) is 9.59 Å². The second kappa shape index (κ2) is 37.4. The van der Waals surface area contributed by atoms with Gasteiger partial charge in [-0.15, -0.1) is 0 Å². The summed E-state index contributed by atoms with van der Waals surface area (Å²) in [6.45, 7) is 12.0. The minimum atomic E-state index is -0.362. The molecule has 51 heavy (non-hydrogen) atoms. The fraction of sp³-hybridized carbons (Fsp3) is 0.795. The van der Waals surface area contributed by atoms with Crippen LogP contribution in [-0.2, 0) is 47.4 Å². The topological polar surface area (TPSA) is 129 Å². The molecule has 12 nitrogen and oxygen atoms in total. The molecular weight excluding hydrogens is 658 g/mol. The Morgan fingerprint density at radius 2 is 0.824 bits per heavy atom. The summed E-state index contributed by atoms with van der Waals surface area (Å²) in [7, 11) is 0. The van der Waals surface area contributed by atoms with Crippen LogP contribution >= 0.6 is 0 Å². The molecule has 0 aliphatic heterocycles. The molecule has 0 aromatic heterocycles. The van der Waals surface area contributed by atoms with Crippen LogP contribution in [0.1, 0.15) is 101 Å². The van der Waals surface area contributed by atoms with Crippen molar-refractivity contribution in [1.82, 2.24) is 0 Å². The lowest BCUT2D eigenvalue weighted by molar-refractivity contribution is -0.145. The maximum atomic E-state index is 12.1. The van der Waals surface area contributed by atoms with Crippen LogP contribution in [-0.4, -0.2) is 124 Å². The molecule has 0 unspecified atom stereocenters. The highest BCUT2D eigenvalue weighted by Gasteiger charge is 2.07. The van der Waals surface area contributed by atoms with Crippen LogP contribution in [0.15, 0.2) is 24.3 Å². The van der Waals surface area contributed by atoms with Crippen molar-refractivity contribution in [3.05, 3.63) is 29.8 Å². The number of hydrogen-bond donors (Lipinski definition) is 1. The molecule has 1 aromatic carbocycles. The zero-order valence-electron chi connectivity index (χ0n) is 31.8. The van der Waals surface area contributed by atoms with Crippen molar-refractivity contribution in [2.45, 2.75) is 90.9 Å². The monoisotopic (exact) mass is 727 g/mol. The Kier molecular flexibility index (Phi) is 34.3. The molecular formula is C39H69NO11. The average Bonchev–Trinajstić information content (AvgIpc) is 3.14. The average molecular weight is 728 g/mol. The predicted octanol–water partition coefficient (Wildman–Crippen LogP) is 6.64. The molecule has 0 fully saturated rings. The summed E-state index contributed by atoms with van der Waals surface area (Å²) >= 11 is 0. The van der Waals surface area contributed by atoms with Crippen LogP contribution in [0.5, 0.6) is 0 Å². The second-order valence-electron chi connectivity index (χ2n) is 12.1. The van der Waals surface area contributed by atoms with Gasteiger partial charge in [0.25, 0.3) is 0 Å². The highest BCUT2D eigenvalue weighted by Crippen LogP contribution is 2.12. The number of rotatable bonds is 39. The van der Waals surface area contributed by atoms with Crippen LogP contribution in [0.3, 0.4) is 0 Å². The molecule has 0 radical (unpaired) electrons. The highest BCUT2D eigenvalue weighted by atomic mass is 16.6. The fourth-order valence-corrected chi connectivity index (χ4v) is 4.70. The van der Waals surface area contributed by atoms with E-state index in [1.54, 1.807) is 12.1 Å². The van der Waals surface area contributed by atoms with Crippen molar-refractivity contribution in [3.63, 3.8) is 0 Å². The number of ether oxygens (including phenoxy) is 9. The molecule has 0 amide bonds. The van der Waals surface area contributed by atoms with Crippen molar-refractivity contribution >= 4 is 17.6 Å². The van der Waals surface area contributed by atoms with Crippen molar-refractivity contribution in [3.8, 4) is 0 Å². The largest absolute Gasteiger partial charge is 0.463 e. The van der Waals surface area contributed by atoms with Gasteiger partial charge < -0.3 is 47.9 Å². The number of unbranched alkanes of at least 4 members (excludes halogenated alkanes) is 9. The molecule has 0 aliphatic carbocycles. The lowest BCUT2D eigenvalue weighted by Crippen LogP contribution is -2.15. The van der Waals surface area contributed by atoms with E-state index < -0.39 is 0 Å². The molecule has 0 bridgehead atoms. The number of esters is 2. The quantitative estimate of drug-likeness (QED) is 0.0577. The lowest BCUT2D eigenvalue weighted by Gasteiger charge is -2.09. The fourth-order valence-electron chi connectivity index (χ4n) is 4.70. The Bertz CT molecular complexity index is 904. The van der Waals surface area contributed by atoms with Crippen molar-refractivity contribution < 1.29 is 52.2 Å². The summed E-state index contributed by atoms with van der Waals surface area (Å²) in [6, 6.07) is 7.29. The summed E-state index contributed by atoms with van der Waals surface area (Å²) in [4.78, 5) is 23.9. The molecule has 0 spiro atoms. The van der Waals surface area contributed by atoms with E-state index in [0.29, 0.717) is 104 Å². The van der Waals surface area contributed by atoms with Gasteiger partial charge in [0, 0.05) is 18.7 Å². The third-order valence-corrected chi connectivity index (χ3v) is 7.65. The van der Waals surface area contributed by atoms with E-state index in [4.69, 9.17) is 42.6 Å². The van der Waals surface area contributed by atoms with E-state index in [-0.39, 0.29) is 25.2 Å². The molecule has 1 rings (SSSR count). The first-order chi connectivity index (χ1) is 25.2. The van der Waals surface area contributed by atoms with Gasteiger partial charge in [0.2, 0.25) is 0 Å². The SMILES string of the molecule is CCCCCCCCCCCC(=O)OCCOCCOCCOCCOCCOCCOCCOCCOC(=O)c1ccc(NCCCC)cc1. The van der Waals surface area contributed by atoms with E-state index >= 15 is 0 Å². The first-order valence-electron chi connectivity index (χ1n) is 19.4. The van der Waals surface area contributed by atoms with Crippen LogP contribution in [0.25, 0.3) is 0 Å². The molecule has 0 saturated heterocycles. The normalized spacial score (nSPS) is 11.2. The van der Waals surface area contributed by atoms with Gasteiger partial charge in [0.15, 0.2) is 0 Å². The second-order valence-corrected chi connectivity index (χ2v) is 12.1. The number of anilines is 1. The van der Waals surface area contributed by atoms with Gasteiger partial charge in [-0.1, -0.05) is 71.6 Å². The van der Waals surface area contributed by atoms with Crippen LogP contribution in [0, 0.1) is 0 Å². The summed E-state index contributed by atoms with van der Waals surface area (Å²) < 4.78 is 48.8. The maximum absolute atomic E-state index is 12.1. The van der Waals surface area contributed by atoms with Crippen LogP contribution in [0.2, 0.25) is 0 Å². The molecule has 0 heterocycles. The zero-order chi connectivity index (χ0) is 36.7. The van der Waals surface area contributed by atoms with E-state index in [0.717, 1.165) is 37.9 Å². The molecule has 0 atom stereocenters. The summed E-state index contributed by atoms with van der Waals surface area (Å²) in [6.07, 6.45) is 13.8. The van der Waals surface area contributed by atoms with Gasteiger partial charge in [0.1, 0.15) is 13.2 Å². The Morgan fingerprint density at radius 1 is 0.451 bits per heavy atom. The Morgan fingerprint density at radius 3 is 1.25 bits per heavy atom. The van der Waals surface area contributed by atoms with Crippen LogP contribution in [0.4, 0.5) is 5.69 Å². The molecule has 0 aliphatic rings. The van der Waals surface area contributed by atoms with Crippen molar-refractivity contribution in [2.24, 2.45) is 0 Å². The van der Waals surface area contributed by atoms with Gasteiger partial charge >= 0.3 is 11.9 Å². The first-order valence-corrected chi connectivity index (χ1v) is 19.4. The number of nitrogens with one attached hydrogen (secondary N) is 1. The molecule has 1 aromatic rings. The highest BCUT2D eigenvalue weighted by molar-refractivity contribution is 5.89. The third-order valence-electron chi connectivity index (χ3n) is 7.65. The smallest absolute Gasteiger partial charge is 0.338 e. The standard InChI is InChI=1S/C39H69NO11/c1-3-5-7-8-9-10-11-12-13-14-38(41)50-34-32-48-30-28-46-26-24-44-22-20-43-21-23-45-25-27-47-29-31-49-33-35-51-39(42)36-15-17-37(18-16-36)40-19-6-4-2/h15-18,40H,3-14,19-35H2,1-2H3. The number of hydrogen-bond acceptors (Lipinski definition) is 12.